The van der Waals surface area contributed by atoms with Crippen LogP contribution in [-0.2, 0) is 0 Å². The molecule has 0 aliphatic carbocycles. The molecule has 1 fully saturated rings. The summed E-state index contributed by atoms with van der Waals surface area (Å²) in [5, 5.41) is 1.24. The molecule has 1 aliphatic heterocycles. The molecule has 0 aromatic carbocycles. The summed E-state index contributed by atoms with van der Waals surface area (Å²) in [5.74, 6) is 1.11. The number of rotatable bonds is 3. The fourth-order valence-electron chi connectivity index (χ4n) is 2.90. The third kappa shape index (κ3) is 2.80. The quantitative estimate of drug-likeness (QED) is 0.816. The lowest BCUT2D eigenvalue weighted by molar-refractivity contribution is 0.278. The summed E-state index contributed by atoms with van der Waals surface area (Å²) in [6.45, 7) is 15.6. The molecule has 0 unspecified atom stereocenters. The zero-order valence-electron chi connectivity index (χ0n) is 13.0. The lowest BCUT2D eigenvalue weighted by atomic mass is 10.2. The maximum Gasteiger partial charge on any atom is 0.141 e. The average Bonchev–Trinajstić information content (AvgIpc) is 2.74. The van der Waals surface area contributed by atoms with E-state index in [1.165, 1.54) is 21.4 Å². The molecule has 0 N–H and O–H groups in total. The Kier molecular flexibility index (Phi) is 3.95. The monoisotopic (exact) mass is 302 g/mol. The first-order chi connectivity index (χ1) is 10.1. The van der Waals surface area contributed by atoms with Gasteiger partial charge >= 0.3 is 0 Å². The van der Waals surface area contributed by atoms with Gasteiger partial charge in [0.1, 0.15) is 17.0 Å². The molecule has 1 aliphatic rings. The van der Waals surface area contributed by atoms with Gasteiger partial charge in [0.15, 0.2) is 0 Å². The van der Waals surface area contributed by atoms with Crippen LogP contribution in [-0.4, -0.2) is 47.6 Å². The van der Waals surface area contributed by atoms with Gasteiger partial charge in [0.2, 0.25) is 0 Å². The minimum atomic E-state index is 1.00. The zero-order chi connectivity index (χ0) is 15.0. The zero-order valence-corrected chi connectivity index (χ0v) is 13.8. The normalized spacial score (nSPS) is 16.6. The van der Waals surface area contributed by atoms with Crippen molar-refractivity contribution in [3.8, 4) is 0 Å². The van der Waals surface area contributed by atoms with Crippen molar-refractivity contribution in [2.24, 2.45) is 0 Å². The van der Waals surface area contributed by atoms with Crippen LogP contribution in [0.1, 0.15) is 17.4 Å². The molecule has 2 aromatic rings. The lowest BCUT2D eigenvalue weighted by Gasteiger charge is -2.35. The van der Waals surface area contributed by atoms with Gasteiger partial charge in [-0.3, -0.25) is 4.90 Å². The third-order valence-electron chi connectivity index (χ3n) is 4.11. The molecule has 21 heavy (non-hydrogen) atoms. The van der Waals surface area contributed by atoms with Gasteiger partial charge in [-0.25, -0.2) is 9.97 Å². The van der Waals surface area contributed by atoms with Crippen molar-refractivity contribution in [2.45, 2.75) is 20.8 Å². The molecule has 0 saturated carbocycles. The SMILES string of the molecule is C=C(C)CN1CCN(c2ncnc3sc(C)c(C)c23)CC1. The first kappa shape index (κ1) is 14.5. The number of hydrogen-bond donors (Lipinski definition) is 0. The predicted molar refractivity (Wildman–Crippen MR) is 90.4 cm³/mol. The number of hydrogen-bond acceptors (Lipinski definition) is 5. The smallest absolute Gasteiger partial charge is 0.141 e. The van der Waals surface area contributed by atoms with E-state index in [4.69, 9.17) is 0 Å². The van der Waals surface area contributed by atoms with E-state index in [-0.39, 0.29) is 0 Å². The Morgan fingerprint density at radius 2 is 1.95 bits per heavy atom. The topological polar surface area (TPSA) is 32.3 Å². The maximum absolute atomic E-state index is 4.58. The highest BCUT2D eigenvalue weighted by Gasteiger charge is 2.21. The molecule has 0 bridgehead atoms. The van der Waals surface area contributed by atoms with E-state index < -0.39 is 0 Å². The van der Waals surface area contributed by atoms with Crippen molar-refractivity contribution in [1.29, 1.82) is 0 Å². The van der Waals surface area contributed by atoms with Gasteiger partial charge in [0, 0.05) is 37.6 Å². The second kappa shape index (κ2) is 5.73. The van der Waals surface area contributed by atoms with E-state index in [1.807, 2.05) is 0 Å². The molecular weight excluding hydrogens is 280 g/mol. The summed E-state index contributed by atoms with van der Waals surface area (Å²) in [4.78, 5) is 16.3. The summed E-state index contributed by atoms with van der Waals surface area (Å²) >= 11 is 1.77. The molecule has 0 atom stereocenters. The second-order valence-electron chi connectivity index (χ2n) is 5.88. The van der Waals surface area contributed by atoms with Crippen molar-refractivity contribution in [3.63, 3.8) is 0 Å². The Morgan fingerprint density at radius 3 is 2.62 bits per heavy atom. The van der Waals surface area contributed by atoms with Crippen LogP contribution >= 0.6 is 11.3 Å². The number of nitrogens with zero attached hydrogens (tertiary/aromatic N) is 4. The standard InChI is InChI=1S/C16H22N4S/c1-11(2)9-19-5-7-20(8-6-19)15-14-12(3)13(4)21-16(14)18-10-17-15/h10H,1,5-9H2,2-4H3. The Balaban J connectivity index is 1.84. The third-order valence-corrected chi connectivity index (χ3v) is 5.23. The van der Waals surface area contributed by atoms with Crippen molar-refractivity contribution in [3.05, 3.63) is 28.9 Å². The number of fused-ring (bicyclic) bond motifs is 1. The Bertz CT molecular complexity index is 668. The largest absolute Gasteiger partial charge is 0.353 e. The van der Waals surface area contributed by atoms with Gasteiger partial charge in [-0.1, -0.05) is 12.2 Å². The molecule has 0 radical (unpaired) electrons. The van der Waals surface area contributed by atoms with Gasteiger partial charge < -0.3 is 4.90 Å². The summed E-state index contributed by atoms with van der Waals surface area (Å²) in [7, 11) is 0. The molecule has 0 amide bonds. The number of aromatic nitrogens is 2. The minimum Gasteiger partial charge on any atom is -0.353 e. The molecule has 2 aromatic heterocycles. The van der Waals surface area contributed by atoms with Gasteiger partial charge in [-0.15, -0.1) is 11.3 Å². The van der Waals surface area contributed by atoms with E-state index in [0.29, 0.717) is 0 Å². The lowest BCUT2D eigenvalue weighted by Crippen LogP contribution is -2.47. The minimum absolute atomic E-state index is 1.00. The van der Waals surface area contributed by atoms with Crippen LogP contribution in [0, 0.1) is 13.8 Å². The van der Waals surface area contributed by atoms with Crippen LogP contribution in [0.15, 0.2) is 18.5 Å². The molecule has 3 heterocycles. The van der Waals surface area contributed by atoms with E-state index in [2.05, 4.69) is 47.1 Å². The van der Waals surface area contributed by atoms with Gasteiger partial charge in [-0.05, 0) is 26.3 Å². The van der Waals surface area contributed by atoms with Crippen molar-refractivity contribution in [1.82, 2.24) is 14.9 Å². The van der Waals surface area contributed by atoms with E-state index >= 15 is 0 Å². The Labute approximate surface area is 130 Å². The van der Waals surface area contributed by atoms with E-state index in [0.717, 1.165) is 43.4 Å². The van der Waals surface area contributed by atoms with Crippen LogP contribution in [0.3, 0.4) is 0 Å². The Hall–Kier alpha value is -1.46. The highest BCUT2D eigenvalue weighted by Crippen LogP contribution is 2.34. The summed E-state index contributed by atoms with van der Waals surface area (Å²) in [6, 6.07) is 0. The second-order valence-corrected chi connectivity index (χ2v) is 7.08. The highest BCUT2D eigenvalue weighted by atomic mass is 32.1. The number of thiophene rings is 1. The molecule has 4 nitrogen and oxygen atoms in total. The molecule has 5 heteroatoms. The first-order valence-corrected chi connectivity index (χ1v) is 8.20. The van der Waals surface area contributed by atoms with Crippen LogP contribution in [0.4, 0.5) is 5.82 Å². The van der Waals surface area contributed by atoms with Gasteiger partial charge in [0.05, 0.1) is 5.39 Å². The fourth-order valence-corrected chi connectivity index (χ4v) is 3.89. The summed E-state index contributed by atoms with van der Waals surface area (Å²) in [6.07, 6.45) is 1.70. The Morgan fingerprint density at radius 1 is 1.24 bits per heavy atom. The van der Waals surface area contributed by atoms with Crippen LogP contribution in [0.25, 0.3) is 10.2 Å². The van der Waals surface area contributed by atoms with Crippen LogP contribution in [0.2, 0.25) is 0 Å². The van der Waals surface area contributed by atoms with Crippen LogP contribution < -0.4 is 4.90 Å². The number of aryl methyl sites for hydroxylation is 2. The molecule has 112 valence electrons. The van der Waals surface area contributed by atoms with Crippen molar-refractivity contribution >= 4 is 27.4 Å². The number of piperazine rings is 1. The molecule has 0 spiro atoms. The molecular formula is C16H22N4S. The maximum atomic E-state index is 4.58. The number of anilines is 1. The van der Waals surface area contributed by atoms with Gasteiger partial charge in [-0.2, -0.15) is 0 Å². The fraction of sp³-hybridized carbons (Fsp3) is 0.500. The van der Waals surface area contributed by atoms with Crippen molar-refractivity contribution in [2.75, 3.05) is 37.6 Å². The van der Waals surface area contributed by atoms with E-state index in [9.17, 15) is 0 Å². The molecule has 1 saturated heterocycles. The molecule has 3 rings (SSSR count). The van der Waals surface area contributed by atoms with E-state index in [1.54, 1.807) is 17.7 Å². The summed E-state index contributed by atoms with van der Waals surface area (Å²) < 4.78 is 0. The highest BCUT2D eigenvalue weighted by molar-refractivity contribution is 7.18. The van der Waals surface area contributed by atoms with Crippen molar-refractivity contribution < 1.29 is 0 Å². The average molecular weight is 302 g/mol. The first-order valence-electron chi connectivity index (χ1n) is 7.38. The predicted octanol–water partition coefficient (Wildman–Crippen LogP) is 3.01. The van der Waals surface area contributed by atoms with Crippen LogP contribution in [0.5, 0.6) is 0 Å². The summed E-state index contributed by atoms with van der Waals surface area (Å²) in [5.41, 5.74) is 2.56. The van der Waals surface area contributed by atoms with Gasteiger partial charge in [0.25, 0.3) is 0 Å².